The fourth-order valence-electron chi connectivity index (χ4n) is 0.994. The molecule has 3 N–H and O–H groups in total. The summed E-state index contributed by atoms with van der Waals surface area (Å²) in [4.78, 5) is 18.4. The first-order valence-electron chi connectivity index (χ1n) is 4.42. The van der Waals surface area contributed by atoms with Gasteiger partial charge < -0.3 is 15.6 Å². The summed E-state index contributed by atoms with van der Waals surface area (Å²) in [5, 5.41) is 8.52. The minimum absolute atomic E-state index is 0.141. The van der Waals surface area contributed by atoms with E-state index in [4.69, 9.17) is 15.6 Å². The predicted molar refractivity (Wildman–Crippen MR) is 52.6 cm³/mol. The number of carboxylic acids is 1. The molecule has 0 amide bonds. The van der Waals surface area contributed by atoms with E-state index in [1.165, 1.54) is 0 Å². The zero-order valence-electron chi connectivity index (χ0n) is 8.60. The van der Waals surface area contributed by atoms with Crippen molar-refractivity contribution in [3.8, 4) is 6.01 Å². The third kappa shape index (κ3) is 3.51. The molecule has 1 unspecified atom stereocenters. The molecule has 6 nitrogen and oxygen atoms in total. The standard InChI is InChI=1S/C9H13N3O3/c1-5-3-6(2)12-9(11-5)15-4-7(10)8(13)14/h3,7H,4,10H2,1-2H3,(H,13,14). The van der Waals surface area contributed by atoms with E-state index in [2.05, 4.69) is 9.97 Å². The van der Waals surface area contributed by atoms with E-state index in [0.717, 1.165) is 11.4 Å². The van der Waals surface area contributed by atoms with Crippen LogP contribution in [0.4, 0.5) is 0 Å². The molecule has 0 bridgehead atoms. The van der Waals surface area contributed by atoms with Gasteiger partial charge in [-0.2, -0.15) is 0 Å². The van der Waals surface area contributed by atoms with Crippen molar-refractivity contribution in [1.29, 1.82) is 0 Å². The van der Waals surface area contributed by atoms with Gasteiger partial charge in [0.2, 0.25) is 0 Å². The average Bonchev–Trinajstić information content (AvgIpc) is 2.12. The number of aryl methyl sites for hydroxylation is 2. The fraction of sp³-hybridized carbons (Fsp3) is 0.444. The summed E-state index contributed by atoms with van der Waals surface area (Å²) in [6, 6.07) is 0.892. The molecule has 0 fully saturated rings. The van der Waals surface area contributed by atoms with Crippen LogP contribution in [0.25, 0.3) is 0 Å². The molecule has 0 saturated heterocycles. The lowest BCUT2D eigenvalue weighted by atomic mass is 10.3. The van der Waals surface area contributed by atoms with Crippen molar-refractivity contribution in [3.05, 3.63) is 17.5 Å². The van der Waals surface area contributed by atoms with Crippen molar-refractivity contribution in [1.82, 2.24) is 9.97 Å². The number of carboxylic acid groups (broad SMARTS) is 1. The maximum atomic E-state index is 10.4. The average molecular weight is 211 g/mol. The monoisotopic (exact) mass is 211 g/mol. The molecule has 15 heavy (non-hydrogen) atoms. The number of aromatic nitrogens is 2. The summed E-state index contributed by atoms with van der Waals surface area (Å²) < 4.78 is 5.06. The molecule has 1 atom stereocenters. The van der Waals surface area contributed by atoms with Gasteiger partial charge >= 0.3 is 12.0 Å². The molecule has 0 aliphatic heterocycles. The summed E-state index contributed by atoms with van der Waals surface area (Å²) >= 11 is 0. The molecule has 0 aliphatic carbocycles. The summed E-state index contributed by atoms with van der Waals surface area (Å²) in [6.07, 6.45) is 0. The first-order valence-corrected chi connectivity index (χ1v) is 4.42. The second-order valence-electron chi connectivity index (χ2n) is 3.19. The first kappa shape index (κ1) is 11.4. The Kier molecular flexibility index (Phi) is 3.56. The minimum atomic E-state index is -1.11. The van der Waals surface area contributed by atoms with Crippen LogP contribution in [-0.4, -0.2) is 33.7 Å². The Morgan fingerprint density at radius 3 is 2.53 bits per heavy atom. The number of carbonyl (C=O) groups is 1. The van der Waals surface area contributed by atoms with Crippen molar-refractivity contribution < 1.29 is 14.6 Å². The Labute approximate surface area is 87.1 Å². The van der Waals surface area contributed by atoms with Gasteiger partial charge in [-0.3, -0.25) is 4.79 Å². The highest BCUT2D eigenvalue weighted by atomic mass is 16.5. The molecule has 6 heteroatoms. The van der Waals surface area contributed by atoms with E-state index in [-0.39, 0.29) is 12.6 Å². The lowest BCUT2D eigenvalue weighted by molar-refractivity contribution is -0.139. The smallest absolute Gasteiger partial charge is 0.324 e. The molecule has 0 spiro atoms. The zero-order valence-corrected chi connectivity index (χ0v) is 8.60. The number of nitrogens with two attached hydrogens (primary N) is 1. The van der Waals surface area contributed by atoms with Gasteiger partial charge in [0.1, 0.15) is 12.6 Å². The second-order valence-corrected chi connectivity index (χ2v) is 3.19. The van der Waals surface area contributed by atoms with E-state index in [1.807, 2.05) is 0 Å². The number of ether oxygens (including phenoxy) is 1. The Hall–Kier alpha value is -1.69. The largest absolute Gasteiger partial charge is 0.480 e. The zero-order chi connectivity index (χ0) is 11.4. The Morgan fingerprint density at radius 1 is 1.53 bits per heavy atom. The van der Waals surface area contributed by atoms with E-state index in [9.17, 15) is 4.79 Å². The maximum Gasteiger partial charge on any atom is 0.324 e. The van der Waals surface area contributed by atoms with Crippen molar-refractivity contribution in [2.75, 3.05) is 6.61 Å². The van der Waals surface area contributed by atoms with Gasteiger partial charge in [-0.25, -0.2) is 9.97 Å². The maximum absolute atomic E-state index is 10.4. The van der Waals surface area contributed by atoms with Crippen LogP contribution < -0.4 is 10.5 Å². The normalized spacial score (nSPS) is 12.2. The molecule has 1 aromatic rings. The highest BCUT2D eigenvalue weighted by molar-refractivity contribution is 5.73. The van der Waals surface area contributed by atoms with Crippen molar-refractivity contribution in [2.24, 2.45) is 5.73 Å². The number of rotatable bonds is 4. The van der Waals surface area contributed by atoms with Gasteiger partial charge in [-0.05, 0) is 19.9 Å². The van der Waals surface area contributed by atoms with E-state index < -0.39 is 12.0 Å². The van der Waals surface area contributed by atoms with E-state index >= 15 is 0 Å². The van der Waals surface area contributed by atoms with Crippen LogP contribution in [0.5, 0.6) is 6.01 Å². The van der Waals surface area contributed by atoms with Crippen molar-refractivity contribution >= 4 is 5.97 Å². The molecule has 0 aromatic carbocycles. The third-order valence-electron chi connectivity index (χ3n) is 1.67. The topological polar surface area (TPSA) is 98.3 Å². The molecule has 1 heterocycles. The van der Waals surface area contributed by atoms with Crippen molar-refractivity contribution in [3.63, 3.8) is 0 Å². The van der Waals surface area contributed by atoms with E-state index in [0.29, 0.717) is 0 Å². The van der Waals surface area contributed by atoms with Crippen LogP contribution in [0.2, 0.25) is 0 Å². The van der Waals surface area contributed by atoms with Crippen LogP contribution in [0.3, 0.4) is 0 Å². The lowest BCUT2D eigenvalue weighted by Crippen LogP contribution is -2.36. The van der Waals surface area contributed by atoms with Gasteiger partial charge in [0.25, 0.3) is 0 Å². The van der Waals surface area contributed by atoms with Gasteiger partial charge in [-0.15, -0.1) is 0 Å². The Morgan fingerprint density at radius 2 is 2.07 bits per heavy atom. The Balaban J connectivity index is 2.61. The van der Waals surface area contributed by atoms with Crippen LogP contribution in [0.1, 0.15) is 11.4 Å². The number of aliphatic carboxylic acids is 1. The molecular weight excluding hydrogens is 198 g/mol. The second kappa shape index (κ2) is 4.70. The molecule has 0 saturated carbocycles. The number of hydrogen-bond donors (Lipinski definition) is 2. The first-order chi connectivity index (χ1) is 6.99. The lowest BCUT2D eigenvalue weighted by Gasteiger charge is -2.08. The van der Waals surface area contributed by atoms with Gasteiger partial charge in [0, 0.05) is 11.4 Å². The Bertz CT molecular complexity index is 347. The third-order valence-corrected chi connectivity index (χ3v) is 1.67. The predicted octanol–water partition coefficient (Wildman–Crippen LogP) is -0.116. The van der Waals surface area contributed by atoms with Crippen LogP contribution in [-0.2, 0) is 4.79 Å². The van der Waals surface area contributed by atoms with Crippen LogP contribution in [0.15, 0.2) is 6.07 Å². The highest BCUT2D eigenvalue weighted by Crippen LogP contribution is 2.05. The minimum Gasteiger partial charge on any atom is -0.480 e. The van der Waals surface area contributed by atoms with Gasteiger partial charge in [-0.1, -0.05) is 0 Å². The summed E-state index contributed by atoms with van der Waals surface area (Å²) in [5.74, 6) is -1.11. The molecule has 0 radical (unpaired) electrons. The van der Waals surface area contributed by atoms with Crippen LogP contribution in [0, 0.1) is 13.8 Å². The SMILES string of the molecule is Cc1cc(C)nc(OCC(N)C(=O)O)n1. The number of nitrogens with zero attached hydrogens (tertiary/aromatic N) is 2. The van der Waals surface area contributed by atoms with Crippen LogP contribution >= 0.6 is 0 Å². The molecule has 82 valence electrons. The molecular formula is C9H13N3O3. The van der Waals surface area contributed by atoms with Gasteiger partial charge in [0.05, 0.1) is 0 Å². The molecule has 1 rings (SSSR count). The number of hydrogen-bond acceptors (Lipinski definition) is 5. The van der Waals surface area contributed by atoms with E-state index in [1.54, 1.807) is 19.9 Å². The van der Waals surface area contributed by atoms with Crippen molar-refractivity contribution in [2.45, 2.75) is 19.9 Å². The summed E-state index contributed by atoms with van der Waals surface area (Å²) in [7, 11) is 0. The summed E-state index contributed by atoms with van der Waals surface area (Å²) in [6.45, 7) is 3.47. The fourth-order valence-corrected chi connectivity index (χ4v) is 0.994. The molecule has 1 aromatic heterocycles. The quantitative estimate of drug-likeness (QED) is 0.720. The summed E-state index contributed by atoms with van der Waals surface area (Å²) in [5.41, 5.74) is 6.79. The molecule has 0 aliphatic rings. The van der Waals surface area contributed by atoms with Gasteiger partial charge in [0.15, 0.2) is 0 Å². The highest BCUT2D eigenvalue weighted by Gasteiger charge is 2.12.